The van der Waals surface area contributed by atoms with Gasteiger partial charge in [0.15, 0.2) is 0 Å². The van der Waals surface area contributed by atoms with Crippen molar-refractivity contribution in [1.29, 1.82) is 0 Å². The number of hydrogen-bond donors (Lipinski definition) is 2. The van der Waals surface area contributed by atoms with Crippen LogP contribution in [0.1, 0.15) is 30.5 Å². The molecule has 0 unspecified atom stereocenters. The smallest absolute Gasteiger partial charge is 0.239 e. The number of nitrogens with one attached hydrogen (secondary N) is 2. The molecule has 0 saturated heterocycles. The highest BCUT2D eigenvalue weighted by atomic mass is 16.5. The van der Waals surface area contributed by atoms with Gasteiger partial charge < -0.3 is 15.4 Å². The fourth-order valence-corrected chi connectivity index (χ4v) is 2.32. The molecule has 0 spiro atoms. The normalized spacial score (nSPS) is 11.6. The van der Waals surface area contributed by atoms with Gasteiger partial charge in [-0.3, -0.25) is 9.59 Å². The molecule has 0 saturated carbocycles. The van der Waals surface area contributed by atoms with Crippen molar-refractivity contribution in [2.75, 3.05) is 13.2 Å². The number of ether oxygens (including phenoxy) is 1. The molecule has 5 nitrogen and oxygen atoms in total. The van der Waals surface area contributed by atoms with Crippen molar-refractivity contribution in [2.24, 2.45) is 0 Å². The average Bonchev–Trinajstić information content (AvgIpc) is 2.66. The second-order valence-corrected chi connectivity index (χ2v) is 5.66. The minimum absolute atomic E-state index is 0.0330. The van der Waals surface area contributed by atoms with Gasteiger partial charge in [0, 0.05) is 6.42 Å². The molecule has 0 aromatic heterocycles. The summed E-state index contributed by atoms with van der Waals surface area (Å²) in [6.45, 7) is 2.55. The summed E-state index contributed by atoms with van der Waals surface area (Å²) in [6, 6.07) is 19.3. The van der Waals surface area contributed by atoms with Crippen molar-refractivity contribution in [2.45, 2.75) is 26.0 Å². The molecule has 0 radical (unpaired) electrons. The van der Waals surface area contributed by atoms with Gasteiger partial charge in [-0.25, -0.2) is 0 Å². The molecule has 0 heterocycles. The number of carbonyl (C=O) groups excluding carboxylic acids is 2. The highest BCUT2D eigenvalue weighted by molar-refractivity contribution is 5.84. The molecule has 0 bridgehead atoms. The van der Waals surface area contributed by atoms with E-state index >= 15 is 0 Å². The maximum Gasteiger partial charge on any atom is 0.239 e. The lowest BCUT2D eigenvalue weighted by Crippen LogP contribution is -2.39. The Labute approximate surface area is 148 Å². The molecule has 2 rings (SSSR count). The summed E-state index contributed by atoms with van der Waals surface area (Å²) >= 11 is 0. The van der Waals surface area contributed by atoms with Gasteiger partial charge >= 0.3 is 0 Å². The summed E-state index contributed by atoms with van der Waals surface area (Å²) in [7, 11) is 0. The molecule has 0 aliphatic carbocycles. The minimum Gasteiger partial charge on any atom is -0.374 e. The van der Waals surface area contributed by atoms with Gasteiger partial charge in [-0.1, -0.05) is 67.6 Å². The van der Waals surface area contributed by atoms with Gasteiger partial charge in [0.25, 0.3) is 0 Å². The Hall–Kier alpha value is -2.66. The first kappa shape index (κ1) is 18.7. The summed E-state index contributed by atoms with van der Waals surface area (Å²) in [5.74, 6) is -0.384. The predicted octanol–water partition coefficient (Wildman–Crippen LogP) is 2.59. The third kappa shape index (κ3) is 6.77. The van der Waals surface area contributed by atoms with E-state index in [1.807, 2.05) is 60.7 Å². The Morgan fingerprint density at radius 1 is 0.960 bits per heavy atom. The maximum atomic E-state index is 12.1. The molecule has 1 atom stereocenters. The van der Waals surface area contributed by atoms with Crippen LogP contribution in [0, 0.1) is 0 Å². The van der Waals surface area contributed by atoms with E-state index in [2.05, 4.69) is 10.6 Å². The summed E-state index contributed by atoms with van der Waals surface area (Å²) in [4.78, 5) is 23.4. The summed E-state index contributed by atoms with van der Waals surface area (Å²) in [5, 5.41) is 5.50. The molecule has 25 heavy (non-hydrogen) atoms. The largest absolute Gasteiger partial charge is 0.374 e. The van der Waals surface area contributed by atoms with E-state index in [4.69, 9.17) is 4.74 Å². The lowest BCUT2D eigenvalue weighted by Gasteiger charge is -2.19. The first-order chi connectivity index (χ1) is 12.2. The van der Waals surface area contributed by atoms with Crippen molar-refractivity contribution in [1.82, 2.24) is 10.6 Å². The number of benzene rings is 2. The predicted molar refractivity (Wildman–Crippen MR) is 96.7 cm³/mol. The van der Waals surface area contributed by atoms with Gasteiger partial charge in [-0.2, -0.15) is 0 Å². The van der Waals surface area contributed by atoms with E-state index in [9.17, 15) is 9.59 Å². The monoisotopic (exact) mass is 340 g/mol. The van der Waals surface area contributed by atoms with Crippen LogP contribution in [0.4, 0.5) is 0 Å². The van der Waals surface area contributed by atoms with Crippen LogP contribution in [0.3, 0.4) is 0 Å². The molecule has 5 heteroatoms. The zero-order valence-electron chi connectivity index (χ0n) is 14.4. The van der Waals surface area contributed by atoms with E-state index in [1.54, 1.807) is 6.92 Å². The van der Waals surface area contributed by atoms with Gasteiger partial charge in [0.05, 0.1) is 25.8 Å². The summed E-state index contributed by atoms with van der Waals surface area (Å²) in [5.41, 5.74) is 2.04. The van der Waals surface area contributed by atoms with Crippen LogP contribution in [0.2, 0.25) is 0 Å². The maximum absolute atomic E-state index is 12.1. The molecule has 2 amide bonds. The Morgan fingerprint density at radius 2 is 1.60 bits per heavy atom. The van der Waals surface area contributed by atoms with Crippen LogP contribution >= 0.6 is 0 Å². The van der Waals surface area contributed by atoms with Gasteiger partial charge in [0.2, 0.25) is 11.8 Å². The zero-order chi connectivity index (χ0) is 17.9. The van der Waals surface area contributed by atoms with Crippen molar-refractivity contribution in [3.63, 3.8) is 0 Å². The Bertz CT molecular complexity index is 659. The zero-order valence-corrected chi connectivity index (χ0v) is 14.4. The quantitative estimate of drug-likeness (QED) is 0.737. The fraction of sp³-hybridized carbons (Fsp3) is 0.300. The van der Waals surface area contributed by atoms with Crippen molar-refractivity contribution >= 4 is 11.8 Å². The van der Waals surface area contributed by atoms with Crippen LogP contribution in [0.5, 0.6) is 0 Å². The molecule has 0 fully saturated rings. The summed E-state index contributed by atoms with van der Waals surface area (Å²) in [6.07, 6.45) is 0.357. The minimum atomic E-state index is -0.268. The summed E-state index contributed by atoms with van der Waals surface area (Å²) < 4.78 is 5.78. The van der Waals surface area contributed by atoms with Crippen LogP contribution in [-0.4, -0.2) is 25.0 Å². The molecule has 2 N–H and O–H groups in total. The van der Waals surface area contributed by atoms with E-state index in [0.717, 1.165) is 11.1 Å². The topological polar surface area (TPSA) is 67.4 Å². The number of hydrogen-bond acceptors (Lipinski definition) is 3. The van der Waals surface area contributed by atoms with Crippen LogP contribution in [0.15, 0.2) is 60.7 Å². The lowest BCUT2D eigenvalue weighted by atomic mass is 10.1. The van der Waals surface area contributed by atoms with E-state index in [0.29, 0.717) is 19.6 Å². The second-order valence-electron chi connectivity index (χ2n) is 5.66. The first-order valence-electron chi connectivity index (χ1n) is 8.41. The fourth-order valence-electron chi connectivity index (χ4n) is 2.32. The number of amides is 2. The molecule has 0 aliphatic heterocycles. The van der Waals surface area contributed by atoms with Crippen molar-refractivity contribution < 1.29 is 14.3 Å². The van der Waals surface area contributed by atoms with Gasteiger partial charge in [-0.05, 0) is 11.1 Å². The molecule has 132 valence electrons. The average molecular weight is 340 g/mol. The third-order valence-corrected chi connectivity index (χ3v) is 3.70. The molecular formula is C20H24N2O3. The SMILES string of the molecule is CCC(=O)NCC(=O)N[C@H](COCc1ccccc1)c1ccccc1. The molecule has 2 aromatic carbocycles. The lowest BCUT2D eigenvalue weighted by molar-refractivity contribution is -0.126. The first-order valence-corrected chi connectivity index (χ1v) is 8.41. The standard InChI is InChI=1S/C20H24N2O3/c1-2-19(23)21-13-20(24)22-18(17-11-7-4-8-12-17)15-25-14-16-9-5-3-6-10-16/h3-12,18H,2,13-15H2,1H3,(H,21,23)(H,22,24)/t18-/m1/s1. The number of rotatable bonds is 9. The van der Waals surface area contributed by atoms with Gasteiger partial charge in [-0.15, -0.1) is 0 Å². The highest BCUT2D eigenvalue weighted by Gasteiger charge is 2.15. The van der Waals surface area contributed by atoms with E-state index < -0.39 is 0 Å². The van der Waals surface area contributed by atoms with Gasteiger partial charge in [0.1, 0.15) is 0 Å². The van der Waals surface area contributed by atoms with E-state index in [-0.39, 0.29) is 24.4 Å². The molecule has 2 aromatic rings. The molecule has 0 aliphatic rings. The second kappa shape index (κ2) is 10.3. The third-order valence-electron chi connectivity index (χ3n) is 3.70. The Morgan fingerprint density at radius 3 is 2.24 bits per heavy atom. The Kier molecular flexibility index (Phi) is 7.66. The highest BCUT2D eigenvalue weighted by Crippen LogP contribution is 2.14. The van der Waals surface area contributed by atoms with Crippen LogP contribution < -0.4 is 10.6 Å². The number of carbonyl (C=O) groups is 2. The van der Waals surface area contributed by atoms with Crippen molar-refractivity contribution in [3.8, 4) is 0 Å². The Balaban J connectivity index is 1.91. The van der Waals surface area contributed by atoms with E-state index in [1.165, 1.54) is 0 Å². The molecular weight excluding hydrogens is 316 g/mol. The van der Waals surface area contributed by atoms with Crippen LogP contribution in [0.25, 0.3) is 0 Å². The van der Waals surface area contributed by atoms with Crippen LogP contribution in [-0.2, 0) is 20.9 Å². The van der Waals surface area contributed by atoms with Crippen molar-refractivity contribution in [3.05, 3.63) is 71.8 Å².